The molecule has 1 heterocycles. The number of nitrogens with zero attached hydrogens (tertiary/aromatic N) is 1. The fourth-order valence-electron chi connectivity index (χ4n) is 2.43. The number of benzene rings is 2. The molecule has 0 bridgehead atoms. The van der Waals surface area contributed by atoms with Crippen molar-refractivity contribution in [2.24, 2.45) is 0 Å². The van der Waals surface area contributed by atoms with Gasteiger partial charge in [-0.15, -0.1) is 13.2 Å². The Bertz CT molecular complexity index is 1110. The number of alkyl halides is 3. The topological polar surface area (TPSA) is 75.3 Å². The predicted octanol–water partition coefficient (Wildman–Crippen LogP) is 5.53. The fourth-order valence-corrected chi connectivity index (χ4v) is 2.43. The molecule has 0 aliphatic rings. The first kappa shape index (κ1) is 20.7. The van der Waals surface area contributed by atoms with Gasteiger partial charge in [0.15, 0.2) is 0 Å². The van der Waals surface area contributed by atoms with Crippen LogP contribution in [-0.2, 0) is 4.79 Å². The molecule has 152 valence electrons. The summed E-state index contributed by atoms with van der Waals surface area (Å²) in [5, 5.41) is 11.7. The van der Waals surface area contributed by atoms with Crippen LogP contribution in [-0.4, -0.2) is 12.3 Å². The number of anilines is 1. The lowest BCUT2D eigenvalue weighted by Crippen LogP contribution is -2.17. The number of halogens is 4. The van der Waals surface area contributed by atoms with E-state index in [0.29, 0.717) is 11.3 Å². The molecule has 0 aliphatic heterocycles. The molecule has 9 heteroatoms. The molecule has 5 nitrogen and oxygen atoms in total. The summed E-state index contributed by atoms with van der Waals surface area (Å²) in [7, 11) is 0. The summed E-state index contributed by atoms with van der Waals surface area (Å²) in [6.07, 6.45) is -3.61. The van der Waals surface area contributed by atoms with Crippen molar-refractivity contribution in [3.05, 3.63) is 77.8 Å². The number of furan rings is 1. The zero-order chi connectivity index (χ0) is 21.7. The van der Waals surface area contributed by atoms with Crippen LogP contribution in [0.1, 0.15) is 5.76 Å². The minimum atomic E-state index is -4.82. The average Bonchev–Trinajstić information content (AvgIpc) is 3.15. The second kappa shape index (κ2) is 8.53. The zero-order valence-corrected chi connectivity index (χ0v) is 15.0. The Morgan fingerprint density at radius 3 is 2.30 bits per heavy atom. The molecular formula is C21H12F4N2O3. The van der Waals surface area contributed by atoms with Gasteiger partial charge in [-0.2, -0.15) is 5.26 Å². The van der Waals surface area contributed by atoms with Crippen LogP contribution < -0.4 is 10.1 Å². The quantitative estimate of drug-likeness (QED) is 0.337. The van der Waals surface area contributed by atoms with Crippen molar-refractivity contribution in [1.82, 2.24) is 0 Å². The molecule has 3 rings (SSSR count). The summed E-state index contributed by atoms with van der Waals surface area (Å²) in [4.78, 5) is 12.3. The number of nitrogens with one attached hydrogen (secondary N) is 1. The van der Waals surface area contributed by atoms with E-state index in [0.717, 1.165) is 12.1 Å². The summed E-state index contributed by atoms with van der Waals surface area (Å²) >= 11 is 0. The first-order chi connectivity index (χ1) is 14.2. The number of amides is 1. The van der Waals surface area contributed by atoms with Crippen molar-refractivity contribution in [3.63, 3.8) is 0 Å². The lowest BCUT2D eigenvalue weighted by atomic mass is 10.2. The molecular weight excluding hydrogens is 404 g/mol. The van der Waals surface area contributed by atoms with Gasteiger partial charge in [0.05, 0.1) is 0 Å². The first-order valence-electron chi connectivity index (χ1n) is 8.38. The Morgan fingerprint density at radius 1 is 1.03 bits per heavy atom. The highest BCUT2D eigenvalue weighted by Gasteiger charge is 2.31. The number of ether oxygens (including phenoxy) is 1. The number of rotatable bonds is 5. The number of nitriles is 1. The Kier molecular flexibility index (Phi) is 5.88. The zero-order valence-electron chi connectivity index (χ0n) is 15.0. The molecule has 0 saturated carbocycles. The second-order valence-electron chi connectivity index (χ2n) is 5.91. The number of hydrogen-bond donors (Lipinski definition) is 1. The molecule has 1 amide bonds. The molecule has 0 atom stereocenters. The SMILES string of the molecule is N#C/C(=C\c1ccc(-c2ccc(F)cc2)o1)C(=O)Nc1ccc(OC(F)(F)F)cc1. The van der Waals surface area contributed by atoms with Gasteiger partial charge >= 0.3 is 6.36 Å². The molecule has 0 spiro atoms. The van der Waals surface area contributed by atoms with E-state index in [2.05, 4.69) is 10.1 Å². The summed E-state index contributed by atoms with van der Waals surface area (Å²) < 4.78 is 58.8. The van der Waals surface area contributed by atoms with Crippen molar-refractivity contribution in [3.8, 4) is 23.1 Å². The smallest absolute Gasteiger partial charge is 0.457 e. The summed E-state index contributed by atoms with van der Waals surface area (Å²) in [5.74, 6) is -0.983. The molecule has 1 aromatic heterocycles. The maximum Gasteiger partial charge on any atom is 0.573 e. The second-order valence-corrected chi connectivity index (χ2v) is 5.91. The van der Waals surface area contributed by atoms with Crippen LogP contribution >= 0.6 is 0 Å². The van der Waals surface area contributed by atoms with Crippen molar-refractivity contribution < 1.29 is 31.5 Å². The lowest BCUT2D eigenvalue weighted by molar-refractivity contribution is -0.274. The van der Waals surface area contributed by atoms with Gasteiger partial charge in [0, 0.05) is 17.3 Å². The van der Waals surface area contributed by atoms with Gasteiger partial charge in [0.2, 0.25) is 0 Å². The largest absolute Gasteiger partial charge is 0.573 e. The Morgan fingerprint density at radius 2 is 1.70 bits per heavy atom. The standard InChI is InChI=1S/C21H12F4N2O3/c22-15-3-1-13(2-4-15)19-10-9-18(29-19)11-14(12-26)20(28)27-16-5-7-17(8-6-16)30-21(23,24)25/h1-11H,(H,27,28)/b14-11+. The van der Waals surface area contributed by atoms with Gasteiger partial charge in [-0.3, -0.25) is 4.79 Å². The van der Waals surface area contributed by atoms with Gasteiger partial charge in [-0.1, -0.05) is 0 Å². The molecule has 30 heavy (non-hydrogen) atoms. The normalized spacial score (nSPS) is 11.6. The Hall–Kier alpha value is -4.06. The highest BCUT2D eigenvalue weighted by atomic mass is 19.4. The van der Waals surface area contributed by atoms with Crippen molar-refractivity contribution >= 4 is 17.7 Å². The highest BCUT2D eigenvalue weighted by molar-refractivity contribution is 6.09. The Balaban J connectivity index is 1.71. The average molecular weight is 416 g/mol. The lowest BCUT2D eigenvalue weighted by Gasteiger charge is -2.09. The molecule has 0 unspecified atom stereocenters. The van der Waals surface area contributed by atoms with Crippen LogP contribution in [0.25, 0.3) is 17.4 Å². The third-order valence-electron chi connectivity index (χ3n) is 3.75. The van der Waals surface area contributed by atoms with Crippen LogP contribution in [0.2, 0.25) is 0 Å². The molecule has 1 N–H and O–H groups in total. The number of hydrogen-bond acceptors (Lipinski definition) is 4. The van der Waals surface area contributed by atoms with Gasteiger partial charge < -0.3 is 14.5 Å². The van der Waals surface area contributed by atoms with E-state index in [-0.39, 0.29) is 17.0 Å². The van der Waals surface area contributed by atoms with Crippen molar-refractivity contribution in [1.29, 1.82) is 5.26 Å². The minimum absolute atomic E-state index is 0.169. The van der Waals surface area contributed by atoms with Gasteiger partial charge in [-0.25, -0.2) is 4.39 Å². The van der Waals surface area contributed by atoms with Crippen molar-refractivity contribution in [2.45, 2.75) is 6.36 Å². The van der Waals surface area contributed by atoms with Crippen molar-refractivity contribution in [2.75, 3.05) is 5.32 Å². The van der Waals surface area contributed by atoms with Crippen LogP contribution in [0.5, 0.6) is 5.75 Å². The van der Waals surface area contributed by atoms with E-state index in [9.17, 15) is 27.6 Å². The predicted molar refractivity (Wildman–Crippen MR) is 99.4 cm³/mol. The molecule has 2 aromatic carbocycles. The van der Waals surface area contributed by atoms with Crippen LogP contribution in [0.3, 0.4) is 0 Å². The first-order valence-corrected chi connectivity index (χ1v) is 8.38. The van der Waals surface area contributed by atoms with E-state index in [1.54, 1.807) is 12.1 Å². The molecule has 0 radical (unpaired) electrons. The maximum absolute atomic E-state index is 13.0. The molecule has 3 aromatic rings. The summed E-state index contributed by atoms with van der Waals surface area (Å²) in [6, 6.07) is 14.9. The van der Waals surface area contributed by atoms with Crippen LogP contribution in [0.15, 0.2) is 70.7 Å². The summed E-state index contributed by atoms with van der Waals surface area (Å²) in [5.41, 5.74) is 0.493. The fraction of sp³-hybridized carbons (Fsp3) is 0.0476. The van der Waals surface area contributed by atoms with Gasteiger partial charge in [0.25, 0.3) is 5.91 Å². The van der Waals surface area contributed by atoms with E-state index >= 15 is 0 Å². The number of carbonyl (C=O) groups is 1. The molecule has 0 aliphatic carbocycles. The van der Waals surface area contributed by atoms with E-state index in [4.69, 9.17) is 4.42 Å². The van der Waals surface area contributed by atoms with Crippen LogP contribution in [0.4, 0.5) is 23.2 Å². The number of carbonyl (C=O) groups excluding carboxylic acids is 1. The van der Waals surface area contributed by atoms with Crippen LogP contribution in [0, 0.1) is 17.1 Å². The molecule has 0 saturated heterocycles. The third kappa shape index (κ3) is 5.48. The third-order valence-corrected chi connectivity index (χ3v) is 3.75. The monoisotopic (exact) mass is 416 g/mol. The Labute approximate surface area is 167 Å². The highest BCUT2D eigenvalue weighted by Crippen LogP contribution is 2.25. The van der Waals surface area contributed by atoms with Gasteiger partial charge in [0.1, 0.15) is 34.7 Å². The summed E-state index contributed by atoms with van der Waals surface area (Å²) in [6.45, 7) is 0. The maximum atomic E-state index is 13.0. The van der Waals surface area contributed by atoms with E-state index in [1.807, 2.05) is 0 Å². The van der Waals surface area contributed by atoms with Gasteiger partial charge in [-0.05, 0) is 60.7 Å². The molecule has 0 fully saturated rings. The minimum Gasteiger partial charge on any atom is -0.457 e. The van der Waals surface area contributed by atoms with E-state index in [1.165, 1.54) is 48.5 Å². The van der Waals surface area contributed by atoms with E-state index < -0.39 is 23.8 Å².